The van der Waals surface area contributed by atoms with Crippen molar-refractivity contribution < 1.29 is 60.9 Å². The highest BCUT2D eigenvalue weighted by Gasteiger charge is 2.51. The molecule has 26 heavy (non-hydrogen) atoms. The van der Waals surface area contributed by atoms with Gasteiger partial charge in [-0.3, -0.25) is 0 Å². The second-order valence-electron chi connectivity index (χ2n) is 5.91. The van der Waals surface area contributed by atoms with E-state index < -0.39 is 80.7 Å². The Morgan fingerprint density at radius 3 is 2.12 bits per heavy atom. The van der Waals surface area contributed by atoms with Crippen molar-refractivity contribution in [3.63, 3.8) is 0 Å². The van der Waals surface area contributed by atoms with Gasteiger partial charge in [0.05, 0.1) is 13.2 Å². The molecule has 0 saturated carbocycles. The number of amides is 1. The minimum absolute atomic E-state index is 0.693. The van der Waals surface area contributed by atoms with Crippen LogP contribution in [-0.4, -0.2) is 116 Å². The minimum atomic E-state index is -1.85. The molecular weight excluding hydrogens is 362 g/mol. The molecule has 2 unspecified atom stereocenters. The summed E-state index contributed by atoms with van der Waals surface area (Å²) in [6, 6.07) is 0. The molecule has 0 aromatic carbocycles. The Labute approximate surface area is 148 Å². The van der Waals surface area contributed by atoms with Gasteiger partial charge in [0.25, 0.3) is 0 Å². The average Bonchev–Trinajstić information content (AvgIpc) is 2.66. The second kappa shape index (κ2) is 8.71. The van der Waals surface area contributed by atoms with Gasteiger partial charge < -0.3 is 60.4 Å². The van der Waals surface area contributed by atoms with Crippen molar-refractivity contribution in [3.8, 4) is 0 Å². The SMILES string of the molecule is [2H]NC(=O)O[C@H]1[C@H](O)[C@@H](CO)OC(O[C@@H]2C(O)O[C@@H](CO)[C@@H](O)[C@@H]2O)[C@H]1O. The molecule has 13 nitrogen and oxygen atoms in total. The van der Waals surface area contributed by atoms with Gasteiger partial charge in [0, 0.05) is 0 Å². The van der Waals surface area contributed by atoms with Crippen molar-refractivity contribution in [1.29, 1.82) is 0 Å². The van der Waals surface area contributed by atoms with Crippen LogP contribution in [0.3, 0.4) is 0 Å². The number of carbonyl (C=O) groups is 1. The van der Waals surface area contributed by atoms with Crippen LogP contribution in [0.2, 0.25) is 1.41 Å². The smallest absolute Gasteiger partial charge is 0.404 e. The molecule has 2 aliphatic rings. The Kier molecular flexibility index (Phi) is 6.57. The third kappa shape index (κ3) is 4.23. The van der Waals surface area contributed by atoms with E-state index in [1.165, 1.54) is 5.73 Å². The topological polar surface area (TPSA) is 222 Å². The Morgan fingerprint density at radius 2 is 1.54 bits per heavy atom. The summed E-state index contributed by atoms with van der Waals surface area (Å²) in [7, 11) is 0. The van der Waals surface area contributed by atoms with Crippen LogP contribution in [-0.2, 0) is 18.9 Å². The number of hydrogen-bond donors (Lipinski definition) is 8. The minimum Gasteiger partial charge on any atom is -0.441 e. The molecule has 0 aromatic heterocycles. The van der Waals surface area contributed by atoms with Crippen LogP contribution in [0.5, 0.6) is 0 Å². The van der Waals surface area contributed by atoms with Gasteiger partial charge in [-0.1, -0.05) is 0 Å². The molecule has 0 aliphatic carbocycles. The van der Waals surface area contributed by atoms with Crippen LogP contribution in [0.25, 0.3) is 0 Å². The Morgan fingerprint density at radius 1 is 0.923 bits per heavy atom. The van der Waals surface area contributed by atoms with E-state index in [0.717, 1.165) is 0 Å². The zero-order valence-corrected chi connectivity index (χ0v) is 13.4. The molecule has 0 bridgehead atoms. The standard InChI is InChI=1S/C13H23NO12/c14-13(22)26-9-6(18)4(2-16)24-12(8(9)20)25-10-7(19)5(17)3(1-15)23-11(10)21/h3-12,15-21H,1-2H2,(H2,14,22)/t3-,4+,5+,6+,7-,8-,9-,10-,11?,12?/m0/s1/i/hD. The fraction of sp³-hybridized carbons (Fsp3) is 0.923. The number of rotatable bonds is 5. The Bertz CT molecular complexity index is 500. The highest BCUT2D eigenvalue weighted by atomic mass is 16.7. The number of ether oxygens (including phenoxy) is 4. The molecule has 9 N–H and O–H groups in total. The summed E-state index contributed by atoms with van der Waals surface area (Å²) in [5, 5.41) is 68.5. The first-order valence-electron chi connectivity index (χ1n) is 8.21. The van der Waals surface area contributed by atoms with Crippen LogP contribution >= 0.6 is 0 Å². The van der Waals surface area contributed by atoms with E-state index in [1.807, 2.05) is 0 Å². The van der Waals surface area contributed by atoms with Crippen LogP contribution in [0.1, 0.15) is 0 Å². The van der Waals surface area contributed by atoms with Crippen molar-refractivity contribution >= 4 is 6.09 Å². The van der Waals surface area contributed by atoms with E-state index in [2.05, 4.69) is 4.74 Å². The first-order valence-corrected chi connectivity index (χ1v) is 7.71. The molecule has 0 radical (unpaired) electrons. The van der Waals surface area contributed by atoms with Crippen LogP contribution in [0.15, 0.2) is 0 Å². The van der Waals surface area contributed by atoms with Gasteiger partial charge in [-0.05, 0) is 0 Å². The molecule has 2 fully saturated rings. The third-order valence-electron chi connectivity index (χ3n) is 4.20. The van der Waals surface area contributed by atoms with Gasteiger partial charge >= 0.3 is 6.09 Å². The molecule has 2 aliphatic heterocycles. The number of nitrogens with two attached hydrogens (primary N) is 1. The van der Waals surface area contributed by atoms with Gasteiger partial charge in [-0.2, -0.15) is 0 Å². The zero-order chi connectivity index (χ0) is 20.3. The molecule has 2 saturated heterocycles. The number of primary amides is 1. The summed E-state index contributed by atoms with van der Waals surface area (Å²) >= 11 is 0. The first-order chi connectivity index (χ1) is 12.7. The van der Waals surface area contributed by atoms with Crippen LogP contribution in [0.4, 0.5) is 4.79 Å². The van der Waals surface area contributed by atoms with E-state index in [0.29, 0.717) is 0 Å². The van der Waals surface area contributed by atoms with E-state index in [9.17, 15) is 35.4 Å². The van der Waals surface area contributed by atoms with Crippen molar-refractivity contribution in [2.75, 3.05) is 13.2 Å². The van der Waals surface area contributed by atoms with Gasteiger partial charge in [0.15, 0.2) is 20.1 Å². The third-order valence-corrected chi connectivity index (χ3v) is 4.20. The van der Waals surface area contributed by atoms with Gasteiger partial charge in [0.2, 0.25) is 0 Å². The largest absolute Gasteiger partial charge is 0.441 e. The average molecular weight is 386 g/mol. The zero-order valence-electron chi connectivity index (χ0n) is 14.4. The Balaban J connectivity index is 2.14. The molecule has 10 atom stereocenters. The molecule has 1 amide bonds. The quantitative estimate of drug-likeness (QED) is 0.222. The molecule has 0 spiro atoms. The predicted octanol–water partition coefficient (Wildman–Crippen LogP) is -5.29. The molecule has 0 aromatic rings. The van der Waals surface area contributed by atoms with Crippen molar-refractivity contribution in [3.05, 3.63) is 0 Å². The normalized spacial score (nSPS) is 47.1. The van der Waals surface area contributed by atoms with E-state index in [4.69, 9.17) is 20.7 Å². The molecule has 13 heteroatoms. The summed E-state index contributed by atoms with van der Waals surface area (Å²) in [6.45, 7) is -1.46. The number of carbonyl (C=O) groups excluding carboxylic acids is 1. The number of aliphatic hydroxyl groups excluding tert-OH is 7. The van der Waals surface area contributed by atoms with Gasteiger partial charge in [-0.15, -0.1) is 0 Å². The molecular formula is C13H23NO12. The molecule has 2 heterocycles. The lowest BCUT2D eigenvalue weighted by atomic mass is 9.97. The predicted molar refractivity (Wildman–Crippen MR) is 77.1 cm³/mol. The van der Waals surface area contributed by atoms with E-state index >= 15 is 0 Å². The monoisotopic (exact) mass is 386 g/mol. The lowest BCUT2D eigenvalue weighted by molar-refractivity contribution is -0.361. The van der Waals surface area contributed by atoms with Crippen LogP contribution < -0.4 is 5.73 Å². The molecule has 152 valence electrons. The maximum absolute atomic E-state index is 11.2. The fourth-order valence-corrected chi connectivity index (χ4v) is 2.80. The fourth-order valence-electron chi connectivity index (χ4n) is 2.80. The first kappa shape index (κ1) is 19.6. The summed E-state index contributed by atoms with van der Waals surface area (Å²) in [5.41, 5.74) is 1.38. The Hall–Kier alpha value is -1.13. The summed E-state index contributed by atoms with van der Waals surface area (Å²) < 4.78 is 26.7. The van der Waals surface area contributed by atoms with Gasteiger partial charge in [-0.25, -0.2) is 4.79 Å². The summed E-state index contributed by atoms with van der Waals surface area (Å²) in [6.07, 6.45) is -17.8. The lowest BCUT2D eigenvalue weighted by Gasteiger charge is -2.45. The second-order valence-corrected chi connectivity index (χ2v) is 5.91. The summed E-state index contributed by atoms with van der Waals surface area (Å²) in [5.74, 6) is 0. The van der Waals surface area contributed by atoms with Crippen molar-refractivity contribution in [1.82, 2.24) is 0 Å². The number of aliphatic hydroxyl groups is 7. The summed E-state index contributed by atoms with van der Waals surface area (Å²) in [4.78, 5) is 11.2. The van der Waals surface area contributed by atoms with E-state index in [1.54, 1.807) is 0 Å². The molecule has 2 rings (SSSR count). The lowest BCUT2D eigenvalue weighted by Crippen LogP contribution is -2.65. The van der Waals surface area contributed by atoms with Crippen molar-refractivity contribution in [2.45, 2.75) is 61.4 Å². The van der Waals surface area contributed by atoms with Gasteiger partial charge in [0.1, 0.15) is 42.7 Å². The maximum Gasteiger partial charge on any atom is 0.404 e. The maximum atomic E-state index is 11.2. The highest BCUT2D eigenvalue weighted by Crippen LogP contribution is 2.29. The van der Waals surface area contributed by atoms with Crippen molar-refractivity contribution in [2.24, 2.45) is 5.73 Å². The van der Waals surface area contributed by atoms with Crippen LogP contribution in [0, 0.1) is 0 Å². The highest BCUT2D eigenvalue weighted by molar-refractivity contribution is 5.65. The number of hydrogen-bond acceptors (Lipinski definition) is 12. The van der Waals surface area contributed by atoms with E-state index in [-0.39, 0.29) is 0 Å².